The Morgan fingerprint density at radius 2 is 1.75 bits per heavy atom. The second-order valence-corrected chi connectivity index (χ2v) is 7.23. The van der Waals surface area contributed by atoms with Crippen LogP contribution in [-0.2, 0) is 4.74 Å². The maximum atomic E-state index is 5.63. The zero-order chi connectivity index (χ0) is 17.1. The summed E-state index contributed by atoms with van der Waals surface area (Å²) in [6.07, 6.45) is 3.80. The van der Waals surface area contributed by atoms with Gasteiger partial charge in [-0.05, 0) is 44.2 Å². The van der Waals surface area contributed by atoms with Gasteiger partial charge in [0, 0.05) is 32.8 Å². The summed E-state index contributed by atoms with van der Waals surface area (Å²) in [5, 5.41) is 6.82. The van der Waals surface area contributed by atoms with E-state index in [1.807, 2.05) is 7.05 Å². The number of guanidine groups is 1. The average Bonchev–Trinajstić information content (AvgIpc) is 3.02. The van der Waals surface area contributed by atoms with Crippen molar-refractivity contribution in [2.24, 2.45) is 16.8 Å². The minimum absolute atomic E-state index is 0. The Balaban J connectivity index is 0.00000529. The fraction of sp³-hybridized carbons (Fsp3) is 0.944. The topological polar surface area (TPSA) is 48.9 Å². The van der Waals surface area contributed by atoms with Crippen LogP contribution in [-0.4, -0.2) is 63.3 Å². The van der Waals surface area contributed by atoms with Crippen LogP contribution in [0.5, 0.6) is 0 Å². The van der Waals surface area contributed by atoms with Crippen LogP contribution in [0.3, 0.4) is 0 Å². The molecule has 0 bridgehead atoms. The first-order valence-electron chi connectivity index (χ1n) is 9.31. The van der Waals surface area contributed by atoms with E-state index in [1.165, 1.54) is 25.9 Å². The molecule has 0 saturated carbocycles. The molecule has 6 heteroatoms. The Kier molecular flexibility index (Phi) is 14.1. The van der Waals surface area contributed by atoms with Gasteiger partial charge >= 0.3 is 0 Å². The molecule has 24 heavy (non-hydrogen) atoms. The number of likely N-dealkylation sites (tertiary alicyclic amines) is 1. The van der Waals surface area contributed by atoms with Crippen LogP contribution < -0.4 is 10.6 Å². The molecule has 144 valence electrons. The predicted molar refractivity (Wildman–Crippen MR) is 114 cm³/mol. The van der Waals surface area contributed by atoms with Crippen LogP contribution in [0.4, 0.5) is 0 Å². The van der Waals surface area contributed by atoms with Crippen molar-refractivity contribution in [2.45, 2.75) is 53.0 Å². The van der Waals surface area contributed by atoms with Gasteiger partial charge in [-0.1, -0.05) is 27.7 Å². The number of ether oxygens (including phenoxy) is 1. The highest BCUT2D eigenvalue weighted by Gasteiger charge is 2.24. The van der Waals surface area contributed by atoms with Gasteiger partial charge in [-0.15, -0.1) is 24.0 Å². The standard InChI is InChI=1S/C18H38N4O.HI/c1-15(2)8-12-23-13-9-20-18(19-5)21-14-17(16(3)4)22-10-6-7-11-22;/h15-17H,6-14H2,1-5H3,(H2,19,20,21);1H. The molecule has 0 amide bonds. The van der Waals surface area contributed by atoms with Crippen molar-refractivity contribution in [3.63, 3.8) is 0 Å². The summed E-state index contributed by atoms with van der Waals surface area (Å²) in [5.41, 5.74) is 0. The monoisotopic (exact) mass is 454 g/mol. The molecule has 0 aromatic rings. The zero-order valence-electron chi connectivity index (χ0n) is 16.3. The largest absolute Gasteiger partial charge is 0.380 e. The van der Waals surface area contributed by atoms with Crippen LogP contribution in [0.1, 0.15) is 47.0 Å². The molecule has 0 aromatic heterocycles. The molecule has 1 heterocycles. The molecule has 1 saturated heterocycles. The zero-order valence-corrected chi connectivity index (χ0v) is 18.6. The SMILES string of the molecule is CN=C(NCCOCCC(C)C)NCC(C(C)C)N1CCCC1.I. The van der Waals surface area contributed by atoms with E-state index in [0.717, 1.165) is 38.7 Å². The molecule has 0 aromatic carbocycles. The van der Waals surface area contributed by atoms with Gasteiger partial charge in [0.05, 0.1) is 6.61 Å². The molecule has 2 N–H and O–H groups in total. The lowest BCUT2D eigenvalue weighted by molar-refractivity contribution is 0.128. The Morgan fingerprint density at radius 3 is 2.29 bits per heavy atom. The molecule has 1 fully saturated rings. The lowest BCUT2D eigenvalue weighted by atomic mass is 10.0. The summed E-state index contributed by atoms with van der Waals surface area (Å²) in [4.78, 5) is 6.92. The molecular formula is C18H39IN4O. The van der Waals surface area contributed by atoms with Crippen LogP contribution in [0.15, 0.2) is 4.99 Å². The third-order valence-corrected chi connectivity index (χ3v) is 4.46. The second-order valence-electron chi connectivity index (χ2n) is 7.23. The first-order chi connectivity index (χ1) is 11.0. The number of nitrogens with zero attached hydrogens (tertiary/aromatic N) is 2. The van der Waals surface area contributed by atoms with E-state index in [9.17, 15) is 0 Å². The molecule has 5 nitrogen and oxygen atoms in total. The second kappa shape index (κ2) is 14.1. The number of hydrogen-bond donors (Lipinski definition) is 2. The molecule has 1 atom stereocenters. The van der Waals surface area contributed by atoms with E-state index >= 15 is 0 Å². The Labute approximate surface area is 166 Å². The van der Waals surface area contributed by atoms with Crippen molar-refractivity contribution in [3.8, 4) is 0 Å². The normalized spacial score (nSPS) is 17.2. The quantitative estimate of drug-likeness (QED) is 0.231. The summed E-state index contributed by atoms with van der Waals surface area (Å²) in [6, 6.07) is 0.582. The van der Waals surface area contributed by atoms with Crippen molar-refractivity contribution in [3.05, 3.63) is 0 Å². The van der Waals surface area contributed by atoms with Crippen LogP contribution >= 0.6 is 24.0 Å². The fourth-order valence-corrected chi connectivity index (χ4v) is 2.94. The summed E-state index contributed by atoms with van der Waals surface area (Å²) in [6.45, 7) is 14.9. The van der Waals surface area contributed by atoms with E-state index in [2.05, 4.69) is 48.2 Å². The summed E-state index contributed by atoms with van der Waals surface area (Å²) in [7, 11) is 1.83. The number of nitrogens with one attached hydrogen (secondary N) is 2. The van der Waals surface area contributed by atoms with Gasteiger partial charge in [0.25, 0.3) is 0 Å². The van der Waals surface area contributed by atoms with Crippen molar-refractivity contribution < 1.29 is 4.74 Å². The van der Waals surface area contributed by atoms with Crippen molar-refractivity contribution in [1.29, 1.82) is 0 Å². The van der Waals surface area contributed by atoms with Crippen molar-refractivity contribution >= 4 is 29.9 Å². The lowest BCUT2D eigenvalue weighted by Gasteiger charge is -2.31. The number of rotatable bonds is 10. The third-order valence-electron chi connectivity index (χ3n) is 4.46. The Bertz CT molecular complexity index is 331. The van der Waals surface area contributed by atoms with Gasteiger partial charge in [-0.3, -0.25) is 9.89 Å². The fourth-order valence-electron chi connectivity index (χ4n) is 2.94. The lowest BCUT2D eigenvalue weighted by Crippen LogP contribution is -2.49. The van der Waals surface area contributed by atoms with E-state index in [0.29, 0.717) is 17.9 Å². The highest BCUT2D eigenvalue weighted by atomic mass is 127. The highest BCUT2D eigenvalue weighted by molar-refractivity contribution is 14.0. The summed E-state index contributed by atoms with van der Waals surface area (Å²) >= 11 is 0. The predicted octanol–water partition coefficient (Wildman–Crippen LogP) is 2.95. The molecule has 1 aliphatic rings. The van der Waals surface area contributed by atoms with Crippen LogP contribution in [0.25, 0.3) is 0 Å². The summed E-state index contributed by atoms with van der Waals surface area (Å²) < 4.78 is 5.63. The molecule has 1 unspecified atom stereocenters. The molecule has 1 rings (SSSR count). The van der Waals surface area contributed by atoms with E-state index in [4.69, 9.17) is 4.74 Å². The first-order valence-corrected chi connectivity index (χ1v) is 9.31. The number of aliphatic imine (C=N–C) groups is 1. The van der Waals surface area contributed by atoms with E-state index < -0.39 is 0 Å². The van der Waals surface area contributed by atoms with Gasteiger partial charge in [-0.25, -0.2) is 0 Å². The average molecular weight is 454 g/mol. The van der Waals surface area contributed by atoms with Crippen molar-refractivity contribution in [1.82, 2.24) is 15.5 Å². The molecular weight excluding hydrogens is 415 g/mol. The molecule has 0 spiro atoms. The Morgan fingerprint density at radius 1 is 1.08 bits per heavy atom. The van der Waals surface area contributed by atoms with Crippen LogP contribution in [0, 0.1) is 11.8 Å². The number of hydrogen-bond acceptors (Lipinski definition) is 3. The van der Waals surface area contributed by atoms with Crippen molar-refractivity contribution in [2.75, 3.05) is 46.4 Å². The van der Waals surface area contributed by atoms with Gasteiger partial charge in [0.1, 0.15) is 0 Å². The Hall–Kier alpha value is -0.0800. The highest BCUT2D eigenvalue weighted by Crippen LogP contribution is 2.16. The maximum absolute atomic E-state index is 5.63. The number of halogens is 1. The summed E-state index contributed by atoms with van der Waals surface area (Å²) in [5.74, 6) is 2.23. The smallest absolute Gasteiger partial charge is 0.191 e. The van der Waals surface area contributed by atoms with Gasteiger partial charge in [0.15, 0.2) is 5.96 Å². The van der Waals surface area contributed by atoms with Gasteiger partial charge < -0.3 is 15.4 Å². The molecule has 0 radical (unpaired) electrons. The van der Waals surface area contributed by atoms with E-state index in [1.54, 1.807) is 0 Å². The van der Waals surface area contributed by atoms with Crippen LogP contribution in [0.2, 0.25) is 0 Å². The van der Waals surface area contributed by atoms with E-state index in [-0.39, 0.29) is 24.0 Å². The van der Waals surface area contributed by atoms with Gasteiger partial charge in [-0.2, -0.15) is 0 Å². The molecule has 0 aliphatic carbocycles. The minimum atomic E-state index is 0. The first kappa shape index (κ1) is 23.9. The third kappa shape index (κ3) is 10.0. The maximum Gasteiger partial charge on any atom is 0.191 e. The molecule has 1 aliphatic heterocycles. The minimum Gasteiger partial charge on any atom is -0.380 e. The van der Waals surface area contributed by atoms with Gasteiger partial charge in [0.2, 0.25) is 0 Å².